The molecule has 0 unspecified atom stereocenters. The summed E-state index contributed by atoms with van der Waals surface area (Å²) in [5.41, 5.74) is 4.21. The first-order valence-electron chi connectivity index (χ1n) is 9.56. The second kappa shape index (κ2) is 10.2. The van der Waals surface area contributed by atoms with E-state index in [2.05, 4.69) is 41.5 Å². The van der Waals surface area contributed by atoms with Gasteiger partial charge in [0.05, 0.1) is 18.6 Å². The Morgan fingerprint density at radius 3 is 2.72 bits per heavy atom. The van der Waals surface area contributed by atoms with Crippen LogP contribution in [0.3, 0.4) is 0 Å². The van der Waals surface area contributed by atoms with Crippen molar-refractivity contribution >= 4 is 17.7 Å². The van der Waals surface area contributed by atoms with E-state index in [1.54, 1.807) is 7.11 Å². The van der Waals surface area contributed by atoms with Crippen LogP contribution >= 0.6 is 11.8 Å². The van der Waals surface area contributed by atoms with Crippen LogP contribution in [0.25, 0.3) is 11.5 Å². The molecule has 0 saturated carbocycles. The van der Waals surface area contributed by atoms with Crippen molar-refractivity contribution in [2.24, 2.45) is 0 Å². The van der Waals surface area contributed by atoms with Crippen molar-refractivity contribution in [3.8, 4) is 17.2 Å². The molecule has 1 heterocycles. The first-order chi connectivity index (χ1) is 14.0. The quantitative estimate of drug-likeness (QED) is 0.560. The maximum absolute atomic E-state index is 12.1. The summed E-state index contributed by atoms with van der Waals surface area (Å²) < 4.78 is 11.1. The van der Waals surface area contributed by atoms with E-state index in [0.29, 0.717) is 23.9 Å². The molecule has 3 aromatic rings. The minimum atomic E-state index is 0.0382. The van der Waals surface area contributed by atoms with Crippen molar-refractivity contribution in [1.29, 1.82) is 0 Å². The third kappa shape index (κ3) is 6.12. The number of nitrogens with one attached hydrogen (secondary N) is 1. The number of carbonyl (C=O) groups is 1. The number of rotatable bonds is 9. The molecule has 0 aliphatic carbocycles. The van der Waals surface area contributed by atoms with Crippen molar-refractivity contribution < 1.29 is 13.9 Å². The van der Waals surface area contributed by atoms with Crippen molar-refractivity contribution in [3.05, 3.63) is 71.1 Å². The van der Waals surface area contributed by atoms with Crippen LogP contribution in [-0.2, 0) is 17.0 Å². The predicted molar refractivity (Wildman–Crippen MR) is 117 cm³/mol. The number of thioether (sulfide) groups is 1. The van der Waals surface area contributed by atoms with Gasteiger partial charge in [0.2, 0.25) is 11.8 Å². The average molecular weight is 411 g/mol. The molecule has 6 heteroatoms. The molecule has 152 valence electrons. The number of aryl methyl sites for hydroxylation is 2. The molecule has 29 heavy (non-hydrogen) atoms. The summed E-state index contributed by atoms with van der Waals surface area (Å²) in [6.07, 6.45) is 0.836. The summed E-state index contributed by atoms with van der Waals surface area (Å²) in [5, 5.41) is 2.97. The number of hydrogen-bond donors (Lipinski definition) is 1. The third-order valence-electron chi connectivity index (χ3n) is 4.54. The Hall–Kier alpha value is -2.73. The smallest absolute Gasteiger partial charge is 0.230 e. The monoisotopic (exact) mass is 410 g/mol. The van der Waals surface area contributed by atoms with Crippen molar-refractivity contribution in [2.45, 2.75) is 26.0 Å². The molecule has 0 aliphatic heterocycles. The van der Waals surface area contributed by atoms with E-state index in [1.165, 1.54) is 22.9 Å². The van der Waals surface area contributed by atoms with E-state index < -0.39 is 0 Å². The van der Waals surface area contributed by atoms with Gasteiger partial charge >= 0.3 is 0 Å². The number of ether oxygens (including phenoxy) is 1. The molecule has 1 N–H and O–H groups in total. The lowest BCUT2D eigenvalue weighted by atomic mass is 10.1. The van der Waals surface area contributed by atoms with Gasteiger partial charge in [0.15, 0.2) is 0 Å². The van der Waals surface area contributed by atoms with E-state index in [9.17, 15) is 4.79 Å². The van der Waals surface area contributed by atoms with Crippen molar-refractivity contribution in [3.63, 3.8) is 0 Å². The number of methoxy groups -OCH3 is 1. The number of carbonyl (C=O) groups excluding carboxylic acids is 1. The second-order valence-corrected chi connectivity index (χ2v) is 7.82. The van der Waals surface area contributed by atoms with Crippen LogP contribution < -0.4 is 10.1 Å². The fraction of sp³-hybridized carbons (Fsp3) is 0.304. The van der Waals surface area contributed by atoms with Crippen LogP contribution in [-0.4, -0.2) is 30.3 Å². The first-order valence-corrected chi connectivity index (χ1v) is 10.7. The molecule has 0 atom stereocenters. The SMILES string of the molecule is COc1cccc(-c2nc(CSCC(=O)NCCc3ccc(C)cc3)c(C)o2)c1. The van der Waals surface area contributed by atoms with Gasteiger partial charge in [-0.15, -0.1) is 11.8 Å². The fourth-order valence-electron chi connectivity index (χ4n) is 2.83. The van der Waals surface area contributed by atoms with Gasteiger partial charge in [-0.1, -0.05) is 35.9 Å². The predicted octanol–water partition coefficient (Wildman–Crippen LogP) is 4.56. The van der Waals surface area contributed by atoms with Crippen LogP contribution in [0, 0.1) is 13.8 Å². The summed E-state index contributed by atoms with van der Waals surface area (Å²) in [4.78, 5) is 16.7. The van der Waals surface area contributed by atoms with E-state index in [4.69, 9.17) is 9.15 Å². The Balaban J connectivity index is 1.44. The number of aromatic nitrogens is 1. The fourth-order valence-corrected chi connectivity index (χ4v) is 3.68. The number of oxazole rings is 1. The van der Waals surface area contributed by atoms with E-state index >= 15 is 0 Å². The topological polar surface area (TPSA) is 64.4 Å². The molecule has 0 saturated heterocycles. The van der Waals surface area contributed by atoms with Gasteiger partial charge in [0.1, 0.15) is 11.5 Å². The summed E-state index contributed by atoms with van der Waals surface area (Å²) in [6, 6.07) is 16.0. The third-order valence-corrected chi connectivity index (χ3v) is 5.48. The number of amides is 1. The number of hydrogen-bond acceptors (Lipinski definition) is 5. The van der Waals surface area contributed by atoms with Crippen LogP contribution in [0.5, 0.6) is 5.75 Å². The molecule has 0 spiro atoms. The van der Waals surface area contributed by atoms with Gasteiger partial charge in [-0.05, 0) is 44.0 Å². The van der Waals surface area contributed by atoms with E-state index in [-0.39, 0.29) is 5.91 Å². The zero-order chi connectivity index (χ0) is 20.6. The summed E-state index contributed by atoms with van der Waals surface area (Å²) in [7, 11) is 1.63. The Labute approximate surface area is 175 Å². The molecular weight excluding hydrogens is 384 g/mol. The minimum absolute atomic E-state index is 0.0382. The van der Waals surface area contributed by atoms with E-state index in [1.807, 2.05) is 31.2 Å². The molecule has 0 aliphatic rings. The zero-order valence-corrected chi connectivity index (χ0v) is 17.8. The standard InChI is InChI=1S/C23H26N2O3S/c1-16-7-9-18(10-8-16)11-12-24-22(26)15-29-14-21-17(2)28-23(25-21)19-5-4-6-20(13-19)27-3/h4-10,13H,11-12,14-15H2,1-3H3,(H,24,26). The molecule has 0 fully saturated rings. The molecule has 2 aromatic carbocycles. The van der Waals surface area contributed by atoms with Gasteiger partial charge in [0.25, 0.3) is 0 Å². The summed E-state index contributed by atoms with van der Waals surface area (Å²) >= 11 is 1.53. The number of benzene rings is 2. The van der Waals surface area contributed by atoms with Gasteiger partial charge < -0.3 is 14.5 Å². The maximum Gasteiger partial charge on any atom is 0.230 e. The van der Waals surface area contributed by atoms with Gasteiger partial charge in [-0.25, -0.2) is 4.98 Å². The lowest BCUT2D eigenvalue weighted by Crippen LogP contribution is -2.27. The second-order valence-electron chi connectivity index (χ2n) is 6.83. The van der Waals surface area contributed by atoms with Crippen LogP contribution in [0.2, 0.25) is 0 Å². The Morgan fingerprint density at radius 1 is 1.17 bits per heavy atom. The van der Waals surface area contributed by atoms with Crippen LogP contribution in [0.15, 0.2) is 52.9 Å². The molecule has 3 rings (SSSR count). The molecule has 0 radical (unpaired) electrons. The highest BCUT2D eigenvalue weighted by molar-refractivity contribution is 7.99. The Morgan fingerprint density at radius 2 is 1.97 bits per heavy atom. The largest absolute Gasteiger partial charge is 0.497 e. The highest BCUT2D eigenvalue weighted by Crippen LogP contribution is 2.26. The Bertz CT molecular complexity index is 951. The highest BCUT2D eigenvalue weighted by Gasteiger charge is 2.13. The highest BCUT2D eigenvalue weighted by atomic mass is 32.2. The normalized spacial score (nSPS) is 10.7. The van der Waals surface area contributed by atoms with E-state index in [0.717, 1.165) is 29.2 Å². The lowest BCUT2D eigenvalue weighted by molar-refractivity contribution is -0.118. The lowest BCUT2D eigenvalue weighted by Gasteiger charge is -2.05. The average Bonchev–Trinajstić information content (AvgIpc) is 3.10. The van der Waals surface area contributed by atoms with Crippen LogP contribution in [0.4, 0.5) is 0 Å². The molecule has 1 aromatic heterocycles. The molecule has 5 nitrogen and oxygen atoms in total. The van der Waals surface area contributed by atoms with Crippen LogP contribution in [0.1, 0.15) is 22.6 Å². The zero-order valence-electron chi connectivity index (χ0n) is 17.0. The van der Waals surface area contributed by atoms with Crippen molar-refractivity contribution in [1.82, 2.24) is 10.3 Å². The summed E-state index contributed by atoms with van der Waals surface area (Å²) in [6.45, 7) is 4.61. The number of nitrogens with zero attached hydrogens (tertiary/aromatic N) is 1. The molecular formula is C23H26N2O3S. The first kappa shape index (κ1) is 21.0. The van der Waals surface area contributed by atoms with Gasteiger partial charge in [-0.2, -0.15) is 0 Å². The minimum Gasteiger partial charge on any atom is -0.497 e. The molecule has 0 bridgehead atoms. The maximum atomic E-state index is 12.1. The van der Waals surface area contributed by atoms with Crippen molar-refractivity contribution in [2.75, 3.05) is 19.4 Å². The van der Waals surface area contributed by atoms with Gasteiger partial charge in [-0.3, -0.25) is 4.79 Å². The molecule has 1 amide bonds. The van der Waals surface area contributed by atoms with Gasteiger partial charge in [0, 0.05) is 17.9 Å². The summed E-state index contributed by atoms with van der Waals surface area (Å²) in [5.74, 6) is 3.17. The Kier molecular flexibility index (Phi) is 7.36.